The summed E-state index contributed by atoms with van der Waals surface area (Å²) < 4.78 is 0. The van der Waals surface area contributed by atoms with Gasteiger partial charge in [-0.15, -0.1) is 0 Å². The van der Waals surface area contributed by atoms with Gasteiger partial charge in [0, 0.05) is 18.6 Å². The van der Waals surface area contributed by atoms with Crippen molar-refractivity contribution >= 4 is 0 Å². The molecule has 1 aliphatic heterocycles. The molecule has 1 saturated heterocycles. The zero-order chi connectivity index (χ0) is 13.9. The largest absolute Gasteiger partial charge is 0.329 e. The van der Waals surface area contributed by atoms with Crippen molar-refractivity contribution in [2.45, 2.75) is 51.0 Å². The highest BCUT2D eigenvalue weighted by Gasteiger charge is 2.34. The summed E-state index contributed by atoms with van der Waals surface area (Å²) in [5.41, 5.74) is 6.33. The van der Waals surface area contributed by atoms with E-state index in [0.29, 0.717) is 0 Å². The highest BCUT2D eigenvalue weighted by atomic mass is 15.2. The smallest absolute Gasteiger partial charge is 0.0303 e. The third-order valence-corrected chi connectivity index (χ3v) is 5.68. The number of piperidine rings is 1. The maximum Gasteiger partial charge on any atom is 0.0303 e. The van der Waals surface area contributed by atoms with Crippen LogP contribution in [0.3, 0.4) is 0 Å². The quantitative estimate of drug-likeness (QED) is 0.800. The fraction of sp³-hybridized carbons (Fsp3) is 1.00. The van der Waals surface area contributed by atoms with Crippen LogP contribution in [0, 0.1) is 11.8 Å². The normalized spacial score (nSPS) is 26.4. The molecule has 19 heavy (non-hydrogen) atoms. The Morgan fingerprint density at radius 3 is 2.26 bits per heavy atom. The topological polar surface area (TPSA) is 32.5 Å². The summed E-state index contributed by atoms with van der Waals surface area (Å²) in [6.45, 7) is 6.93. The second-order valence-corrected chi connectivity index (χ2v) is 7.33. The number of rotatable bonds is 6. The molecule has 2 fully saturated rings. The number of nitrogens with two attached hydrogens (primary N) is 1. The summed E-state index contributed by atoms with van der Waals surface area (Å²) in [5.74, 6) is 1.81. The molecule has 0 amide bonds. The minimum atomic E-state index is 0.217. The number of likely N-dealkylation sites (tertiary alicyclic amines) is 1. The summed E-state index contributed by atoms with van der Waals surface area (Å²) in [7, 11) is 4.53. The summed E-state index contributed by atoms with van der Waals surface area (Å²) in [6, 6.07) is 0. The Kier molecular flexibility index (Phi) is 5.27. The number of hydrogen-bond donors (Lipinski definition) is 1. The van der Waals surface area contributed by atoms with Crippen molar-refractivity contribution in [3.63, 3.8) is 0 Å². The Morgan fingerprint density at radius 1 is 1.16 bits per heavy atom. The Bertz CT molecular complexity index is 269. The molecular weight excluding hydrogens is 234 g/mol. The van der Waals surface area contributed by atoms with Crippen LogP contribution >= 0.6 is 0 Å². The molecule has 0 aromatic heterocycles. The van der Waals surface area contributed by atoms with Gasteiger partial charge in [-0.25, -0.2) is 0 Å². The lowest BCUT2D eigenvalue weighted by Crippen LogP contribution is -2.53. The van der Waals surface area contributed by atoms with E-state index >= 15 is 0 Å². The second-order valence-electron chi connectivity index (χ2n) is 7.33. The summed E-state index contributed by atoms with van der Waals surface area (Å²) in [6.07, 6.45) is 8.29. The van der Waals surface area contributed by atoms with Gasteiger partial charge in [0.15, 0.2) is 0 Å². The Hall–Kier alpha value is -0.120. The van der Waals surface area contributed by atoms with Gasteiger partial charge in [0.25, 0.3) is 0 Å². The fourth-order valence-electron chi connectivity index (χ4n) is 3.57. The average molecular weight is 267 g/mol. The maximum absolute atomic E-state index is 6.11. The highest BCUT2D eigenvalue weighted by molar-refractivity contribution is 4.91. The minimum Gasteiger partial charge on any atom is -0.329 e. The first-order chi connectivity index (χ1) is 9.03. The molecule has 1 atom stereocenters. The maximum atomic E-state index is 6.11. The monoisotopic (exact) mass is 267 g/mol. The predicted octanol–water partition coefficient (Wildman–Crippen LogP) is 2.17. The Morgan fingerprint density at radius 2 is 1.79 bits per heavy atom. The van der Waals surface area contributed by atoms with E-state index in [2.05, 4.69) is 30.8 Å². The molecule has 0 radical (unpaired) electrons. The molecule has 3 heteroatoms. The molecule has 2 aliphatic rings. The van der Waals surface area contributed by atoms with E-state index in [4.69, 9.17) is 5.73 Å². The molecule has 1 heterocycles. The van der Waals surface area contributed by atoms with Crippen LogP contribution in [-0.2, 0) is 0 Å². The summed E-state index contributed by atoms with van der Waals surface area (Å²) >= 11 is 0. The van der Waals surface area contributed by atoms with Crippen molar-refractivity contribution in [1.82, 2.24) is 9.80 Å². The Labute approximate surface area is 119 Å². The van der Waals surface area contributed by atoms with E-state index in [0.717, 1.165) is 18.4 Å². The van der Waals surface area contributed by atoms with Crippen LogP contribution in [0.4, 0.5) is 0 Å². The number of hydrogen-bond acceptors (Lipinski definition) is 3. The van der Waals surface area contributed by atoms with Crippen LogP contribution in [0.15, 0.2) is 0 Å². The molecular formula is C16H33N3. The van der Waals surface area contributed by atoms with E-state index in [1.807, 2.05) is 0 Å². The summed E-state index contributed by atoms with van der Waals surface area (Å²) in [5, 5.41) is 0. The van der Waals surface area contributed by atoms with E-state index in [-0.39, 0.29) is 5.54 Å². The van der Waals surface area contributed by atoms with Gasteiger partial charge in [0.05, 0.1) is 0 Å². The van der Waals surface area contributed by atoms with Crippen molar-refractivity contribution in [3.8, 4) is 0 Å². The van der Waals surface area contributed by atoms with Gasteiger partial charge < -0.3 is 10.6 Å². The van der Waals surface area contributed by atoms with Gasteiger partial charge in [-0.2, -0.15) is 0 Å². The Balaban J connectivity index is 1.83. The third kappa shape index (κ3) is 3.93. The molecule has 1 unspecified atom stereocenters. The zero-order valence-corrected chi connectivity index (χ0v) is 13.2. The van der Waals surface area contributed by atoms with Gasteiger partial charge in [-0.05, 0) is 65.2 Å². The SMILES string of the molecule is CN1CCC(CN(C)C(C)(CN)CC2CCC2)CC1. The van der Waals surface area contributed by atoms with Gasteiger partial charge in [-0.3, -0.25) is 4.90 Å². The van der Waals surface area contributed by atoms with Gasteiger partial charge in [0.1, 0.15) is 0 Å². The lowest BCUT2D eigenvalue weighted by atomic mass is 9.75. The van der Waals surface area contributed by atoms with Gasteiger partial charge >= 0.3 is 0 Å². The number of nitrogens with zero attached hydrogens (tertiary/aromatic N) is 2. The van der Waals surface area contributed by atoms with Crippen LogP contribution < -0.4 is 5.73 Å². The molecule has 112 valence electrons. The molecule has 0 aromatic rings. The minimum absolute atomic E-state index is 0.217. The van der Waals surface area contributed by atoms with Crippen molar-refractivity contribution in [1.29, 1.82) is 0 Å². The first-order valence-corrected chi connectivity index (χ1v) is 8.13. The van der Waals surface area contributed by atoms with Crippen molar-refractivity contribution in [2.75, 3.05) is 40.3 Å². The van der Waals surface area contributed by atoms with E-state index in [1.165, 1.54) is 58.2 Å². The molecule has 0 aromatic carbocycles. The van der Waals surface area contributed by atoms with Crippen LogP contribution in [0.25, 0.3) is 0 Å². The fourth-order valence-corrected chi connectivity index (χ4v) is 3.57. The standard InChI is InChI=1S/C16H33N3/c1-16(13-17,11-14-5-4-6-14)19(3)12-15-7-9-18(2)10-8-15/h14-15H,4-13,17H2,1-3H3. The van der Waals surface area contributed by atoms with Crippen molar-refractivity contribution in [2.24, 2.45) is 17.6 Å². The van der Waals surface area contributed by atoms with E-state index in [9.17, 15) is 0 Å². The van der Waals surface area contributed by atoms with Crippen molar-refractivity contribution < 1.29 is 0 Å². The molecule has 0 bridgehead atoms. The van der Waals surface area contributed by atoms with Crippen LogP contribution in [-0.4, -0.2) is 55.6 Å². The summed E-state index contributed by atoms with van der Waals surface area (Å²) in [4.78, 5) is 5.02. The van der Waals surface area contributed by atoms with Gasteiger partial charge in [-0.1, -0.05) is 19.3 Å². The molecule has 2 rings (SSSR count). The van der Waals surface area contributed by atoms with Crippen molar-refractivity contribution in [3.05, 3.63) is 0 Å². The molecule has 1 aliphatic carbocycles. The first kappa shape index (κ1) is 15.3. The highest BCUT2D eigenvalue weighted by Crippen LogP contribution is 2.35. The van der Waals surface area contributed by atoms with Crippen LogP contribution in [0.1, 0.15) is 45.4 Å². The van der Waals surface area contributed by atoms with E-state index < -0.39 is 0 Å². The molecule has 3 nitrogen and oxygen atoms in total. The second kappa shape index (κ2) is 6.55. The lowest BCUT2D eigenvalue weighted by molar-refractivity contribution is 0.0648. The molecule has 2 N–H and O–H groups in total. The lowest BCUT2D eigenvalue weighted by Gasteiger charge is -2.44. The van der Waals surface area contributed by atoms with Crippen LogP contribution in [0.2, 0.25) is 0 Å². The molecule has 1 saturated carbocycles. The third-order valence-electron chi connectivity index (χ3n) is 5.68. The number of likely N-dealkylation sites (N-methyl/N-ethyl adjacent to an activating group) is 1. The van der Waals surface area contributed by atoms with E-state index in [1.54, 1.807) is 0 Å². The average Bonchev–Trinajstić information content (AvgIpc) is 2.36. The van der Waals surface area contributed by atoms with Gasteiger partial charge in [0.2, 0.25) is 0 Å². The molecule has 0 spiro atoms. The first-order valence-electron chi connectivity index (χ1n) is 8.13. The predicted molar refractivity (Wildman–Crippen MR) is 82.3 cm³/mol. The zero-order valence-electron chi connectivity index (χ0n) is 13.2. The van der Waals surface area contributed by atoms with Crippen LogP contribution in [0.5, 0.6) is 0 Å².